The van der Waals surface area contributed by atoms with Crippen molar-refractivity contribution < 1.29 is 24.0 Å². The van der Waals surface area contributed by atoms with Crippen LogP contribution in [0, 0.1) is 17.0 Å². The third-order valence-corrected chi connectivity index (χ3v) is 5.40. The molecule has 0 bridgehead atoms. The highest BCUT2D eigenvalue weighted by Crippen LogP contribution is 2.36. The Morgan fingerprint density at radius 1 is 0.853 bits per heavy atom. The van der Waals surface area contributed by atoms with Crippen LogP contribution in [0.25, 0.3) is 5.57 Å². The highest BCUT2D eigenvalue weighted by atomic mass is 16.6. The zero-order chi connectivity index (χ0) is 24.4. The zero-order valence-corrected chi connectivity index (χ0v) is 18.7. The number of anilines is 2. The van der Waals surface area contributed by atoms with E-state index in [-0.39, 0.29) is 17.0 Å². The molecule has 1 aliphatic heterocycles. The number of hydrogen-bond acceptors (Lipinski definition) is 7. The van der Waals surface area contributed by atoms with Crippen molar-refractivity contribution in [1.29, 1.82) is 0 Å². The lowest BCUT2D eigenvalue weighted by Gasteiger charge is -2.16. The summed E-state index contributed by atoms with van der Waals surface area (Å²) in [6.45, 7) is 1.90. The van der Waals surface area contributed by atoms with Gasteiger partial charge in [0.1, 0.15) is 5.70 Å². The summed E-state index contributed by atoms with van der Waals surface area (Å²) in [5, 5.41) is 14.1. The topological polar surface area (TPSA) is 111 Å². The molecule has 1 heterocycles. The normalized spacial score (nSPS) is 13.3. The van der Waals surface area contributed by atoms with Gasteiger partial charge in [-0.05, 0) is 48.9 Å². The predicted molar refractivity (Wildman–Crippen MR) is 127 cm³/mol. The van der Waals surface area contributed by atoms with E-state index >= 15 is 0 Å². The van der Waals surface area contributed by atoms with Crippen LogP contribution in [0.3, 0.4) is 0 Å². The van der Waals surface area contributed by atoms with Crippen LogP contribution in [-0.2, 0) is 9.59 Å². The number of amides is 2. The molecule has 9 heteroatoms. The third-order valence-electron chi connectivity index (χ3n) is 5.40. The van der Waals surface area contributed by atoms with Crippen molar-refractivity contribution in [2.45, 2.75) is 6.92 Å². The molecule has 0 radical (unpaired) electrons. The summed E-state index contributed by atoms with van der Waals surface area (Å²) in [5.41, 5.74) is 2.31. The molecular formula is C25H21N3O6. The second-order valence-electron chi connectivity index (χ2n) is 7.53. The van der Waals surface area contributed by atoms with E-state index in [0.29, 0.717) is 28.4 Å². The Kier molecular flexibility index (Phi) is 6.01. The van der Waals surface area contributed by atoms with Crippen molar-refractivity contribution in [3.8, 4) is 11.5 Å². The van der Waals surface area contributed by atoms with Gasteiger partial charge >= 0.3 is 0 Å². The van der Waals surface area contributed by atoms with Crippen molar-refractivity contribution >= 4 is 34.4 Å². The average molecular weight is 459 g/mol. The van der Waals surface area contributed by atoms with Crippen LogP contribution < -0.4 is 19.7 Å². The summed E-state index contributed by atoms with van der Waals surface area (Å²) >= 11 is 0. The van der Waals surface area contributed by atoms with Gasteiger partial charge in [0.25, 0.3) is 17.5 Å². The van der Waals surface area contributed by atoms with Crippen LogP contribution in [0.1, 0.15) is 11.1 Å². The fourth-order valence-corrected chi connectivity index (χ4v) is 3.65. The molecule has 0 atom stereocenters. The monoisotopic (exact) mass is 459 g/mol. The number of benzene rings is 3. The average Bonchev–Trinajstić information content (AvgIpc) is 3.08. The first kappa shape index (κ1) is 22.5. The number of nitrogens with one attached hydrogen (secondary N) is 1. The Morgan fingerprint density at radius 3 is 2.09 bits per heavy atom. The minimum atomic E-state index is -0.544. The first-order valence-electron chi connectivity index (χ1n) is 10.3. The van der Waals surface area contributed by atoms with E-state index in [1.165, 1.54) is 38.5 Å². The fourth-order valence-electron chi connectivity index (χ4n) is 3.65. The Labute approximate surface area is 195 Å². The summed E-state index contributed by atoms with van der Waals surface area (Å²) in [6, 6.07) is 17.5. The van der Waals surface area contributed by atoms with E-state index in [2.05, 4.69) is 5.32 Å². The Bertz CT molecular complexity index is 1310. The molecule has 0 saturated carbocycles. The van der Waals surface area contributed by atoms with E-state index in [1.807, 2.05) is 6.92 Å². The Hall–Kier alpha value is -4.66. The smallest absolute Gasteiger partial charge is 0.282 e. The first-order chi connectivity index (χ1) is 16.3. The van der Waals surface area contributed by atoms with Crippen molar-refractivity contribution in [3.63, 3.8) is 0 Å². The SMILES string of the molecule is COc1ccc(NC2=C(c3ccc([N+](=O)[O-])cc3)C(=O)N(c3ccc(C)cc3)C2=O)cc1OC. The molecule has 0 aromatic heterocycles. The molecule has 3 aromatic carbocycles. The summed E-state index contributed by atoms with van der Waals surface area (Å²) in [7, 11) is 3.01. The summed E-state index contributed by atoms with van der Waals surface area (Å²) in [4.78, 5) is 38.6. The predicted octanol–water partition coefficient (Wildman–Crippen LogP) is 4.32. The van der Waals surface area contributed by atoms with Crippen LogP contribution in [0.2, 0.25) is 0 Å². The van der Waals surface area contributed by atoms with Crippen molar-refractivity contribution in [2.75, 3.05) is 24.4 Å². The minimum absolute atomic E-state index is 0.0478. The first-order valence-corrected chi connectivity index (χ1v) is 10.3. The maximum absolute atomic E-state index is 13.5. The number of non-ortho nitro benzene ring substituents is 1. The molecule has 0 unspecified atom stereocenters. The number of nitrogens with zero attached hydrogens (tertiary/aromatic N) is 2. The number of ether oxygens (including phenoxy) is 2. The van der Waals surface area contributed by atoms with Crippen LogP contribution in [0.15, 0.2) is 72.4 Å². The maximum Gasteiger partial charge on any atom is 0.282 e. The molecule has 0 spiro atoms. The number of rotatable bonds is 7. The van der Waals surface area contributed by atoms with Crippen LogP contribution in [0.5, 0.6) is 11.5 Å². The van der Waals surface area contributed by atoms with Gasteiger partial charge in [0.15, 0.2) is 11.5 Å². The quantitative estimate of drug-likeness (QED) is 0.318. The number of hydrogen-bond donors (Lipinski definition) is 1. The number of carbonyl (C=O) groups excluding carboxylic acids is 2. The van der Waals surface area contributed by atoms with Gasteiger partial charge in [-0.2, -0.15) is 0 Å². The Balaban J connectivity index is 1.81. The molecule has 172 valence electrons. The molecule has 2 amide bonds. The molecule has 3 aromatic rings. The van der Waals surface area contributed by atoms with Gasteiger partial charge in [-0.3, -0.25) is 19.7 Å². The van der Waals surface area contributed by atoms with Gasteiger partial charge < -0.3 is 14.8 Å². The number of nitro groups is 1. The molecule has 0 fully saturated rings. The van der Waals surface area contributed by atoms with Crippen LogP contribution in [-0.4, -0.2) is 31.0 Å². The highest BCUT2D eigenvalue weighted by Gasteiger charge is 2.40. The molecule has 9 nitrogen and oxygen atoms in total. The van der Waals surface area contributed by atoms with E-state index < -0.39 is 16.7 Å². The van der Waals surface area contributed by atoms with E-state index in [4.69, 9.17) is 9.47 Å². The van der Waals surface area contributed by atoms with Gasteiger partial charge in [0.2, 0.25) is 0 Å². The minimum Gasteiger partial charge on any atom is -0.493 e. The highest BCUT2D eigenvalue weighted by molar-refractivity contribution is 6.46. The van der Waals surface area contributed by atoms with Crippen LogP contribution in [0.4, 0.5) is 17.1 Å². The van der Waals surface area contributed by atoms with Gasteiger partial charge in [0, 0.05) is 23.9 Å². The summed E-state index contributed by atoms with van der Waals surface area (Å²) < 4.78 is 10.6. The molecular weight excluding hydrogens is 438 g/mol. The van der Waals surface area contributed by atoms with Gasteiger partial charge in [0.05, 0.1) is 30.4 Å². The van der Waals surface area contributed by atoms with Gasteiger partial charge in [-0.1, -0.05) is 17.7 Å². The van der Waals surface area contributed by atoms with Crippen LogP contribution >= 0.6 is 0 Å². The molecule has 1 N–H and O–H groups in total. The zero-order valence-electron chi connectivity index (χ0n) is 18.7. The lowest BCUT2D eigenvalue weighted by Crippen LogP contribution is -2.32. The molecule has 34 heavy (non-hydrogen) atoms. The van der Waals surface area contributed by atoms with Crippen molar-refractivity contribution in [2.24, 2.45) is 0 Å². The largest absolute Gasteiger partial charge is 0.493 e. The summed E-state index contributed by atoms with van der Waals surface area (Å²) in [5.74, 6) is -0.132. The van der Waals surface area contributed by atoms with Gasteiger partial charge in [-0.15, -0.1) is 0 Å². The number of aryl methyl sites for hydroxylation is 1. The number of imide groups is 1. The third kappa shape index (κ3) is 4.06. The summed E-state index contributed by atoms with van der Waals surface area (Å²) in [6.07, 6.45) is 0. The maximum atomic E-state index is 13.5. The van der Waals surface area contributed by atoms with Crippen molar-refractivity contribution in [3.05, 3.63) is 93.7 Å². The molecule has 1 aliphatic rings. The second kappa shape index (κ2) is 9.07. The van der Waals surface area contributed by atoms with E-state index in [9.17, 15) is 19.7 Å². The lowest BCUT2D eigenvalue weighted by molar-refractivity contribution is -0.384. The molecule has 0 saturated heterocycles. The number of nitro benzene ring substituents is 1. The van der Waals surface area contributed by atoms with E-state index in [0.717, 1.165) is 10.5 Å². The number of carbonyl (C=O) groups is 2. The van der Waals surface area contributed by atoms with E-state index in [1.54, 1.807) is 42.5 Å². The second-order valence-corrected chi connectivity index (χ2v) is 7.53. The van der Waals surface area contributed by atoms with Gasteiger partial charge in [-0.25, -0.2) is 4.90 Å². The molecule has 4 rings (SSSR count). The Morgan fingerprint density at radius 2 is 1.50 bits per heavy atom. The number of methoxy groups -OCH3 is 2. The fraction of sp³-hybridized carbons (Fsp3) is 0.120. The lowest BCUT2D eigenvalue weighted by atomic mass is 10.0. The molecule has 0 aliphatic carbocycles. The standard InChI is InChI=1S/C25H21N3O6/c1-15-4-9-18(10-5-15)27-24(29)22(16-6-11-19(12-7-16)28(31)32)23(25(27)30)26-17-8-13-20(33-2)21(14-17)34-3/h4-14,26H,1-3H3. The van der Waals surface area contributed by atoms with Crippen molar-refractivity contribution in [1.82, 2.24) is 0 Å².